The van der Waals surface area contributed by atoms with Gasteiger partial charge in [-0.15, -0.1) is 0 Å². The number of aromatic hydroxyl groups is 1. The molecular formula is C16H15NO4. The average molecular weight is 285 g/mol. The van der Waals surface area contributed by atoms with E-state index in [1.165, 1.54) is 20.1 Å². The molecule has 1 amide bonds. The molecular weight excluding hydrogens is 270 g/mol. The highest BCUT2D eigenvalue weighted by molar-refractivity contribution is 5.95. The molecule has 0 saturated heterocycles. The third-order valence-electron chi connectivity index (χ3n) is 2.96. The van der Waals surface area contributed by atoms with Gasteiger partial charge in [-0.2, -0.15) is 0 Å². The lowest BCUT2D eigenvalue weighted by Gasteiger charge is -2.09. The van der Waals surface area contributed by atoms with E-state index in [1.807, 2.05) is 0 Å². The zero-order valence-corrected chi connectivity index (χ0v) is 11.7. The maximum absolute atomic E-state index is 11.6. The van der Waals surface area contributed by atoms with E-state index in [0.717, 1.165) is 5.56 Å². The zero-order chi connectivity index (χ0) is 15.4. The number of anilines is 1. The van der Waals surface area contributed by atoms with E-state index in [2.05, 4.69) is 10.1 Å². The molecule has 0 atom stereocenters. The molecule has 0 radical (unpaired) electrons. The molecule has 0 fully saturated rings. The Kier molecular flexibility index (Phi) is 4.23. The number of ether oxygens (including phenoxy) is 1. The molecule has 0 aliphatic carbocycles. The summed E-state index contributed by atoms with van der Waals surface area (Å²) in [6.07, 6.45) is 0. The van der Waals surface area contributed by atoms with Crippen molar-refractivity contribution in [2.24, 2.45) is 0 Å². The second kappa shape index (κ2) is 6.09. The maximum atomic E-state index is 11.6. The van der Waals surface area contributed by atoms with Gasteiger partial charge in [-0.1, -0.05) is 24.3 Å². The van der Waals surface area contributed by atoms with Gasteiger partial charge in [-0.25, -0.2) is 4.79 Å². The summed E-state index contributed by atoms with van der Waals surface area (Å²) < 4.78 is 4.62. The van der Waals surface area contributed by atoms with Crippen LogP contribution in [0.2, 0.25) is 0 Å². The van der Waals surface area contributed by atoms with Crippen molar-refractivity contribution in [3.8, 4) is 16.9 Å². The summed E-state index contributed by atoms with van der Waals surface area (Å²) in [6.45, 7) is 1.43. The van der Waals surface area contributed by atoms with Crippen LogP contribution >= 0.6 is 0 Å². The fraction of sp³-hybridized carbons (Fsp3) is 0.125. The molecule has 0 heterocycles. The minimum absolute atomic E-state index is 0.112. The summed E-state index contributed by atoms with van der Waals surface area (Å²) in [6, 6.07) is 11.8. The molecule has 0 aromatic heterocycles. The Balaban J connectivity index is 2.38. The molecule has 0 saturated carbocycles. The highest BCUT2D eigenvalue weighted by atomic mass is 16.5. The lowest BCUT2D eigenvalue weighted by Crippen LogP contribution is -2.05. The van der Waals surface area contributed by atoms with Crippen LogP contribution in [0.5, 0.6) is 5.75 Å². The molecule has 2 rings (SSSR count). The molecule has 21 heavy (non-hydrogen) atoms. The van der Waals surface area contributed by atoms with Crippen molar-refractivity contribution in [3.63, 3.8) is 0 Å². The minimum Gasteiger partial charge on any atom is -0.506 e. The van der Waals surface area contributed by atoms with E-state index < -0.39 is 5.97 Å². The van der Waals surface area contributed by atoms with E-state index in [4.69, 9.17) is 0 Å². The number of carbonyl (C=O) groups excluding carboxylic acids is 2. The van der Waals surface area contributed by atoms with Crippen LogP contribution in [0.1, 0.15) is 17.3 Å². The molecule has 0 unspecified atom stereocenters. The molecule has 2 N–H and O–H groups in total. The highest BCUT2D eigenvalue weighted by Crippen LogP contribution is 2.33. The van der Waals surface area contributed by atoms with Crippen LogP contribution in [0.3, 0.4) is 0 Å². The van der Waals surface area contributed by atoms with Gasteiger partial charge >= 0.3 is 5.97 Å². The van der Waals surface area contributed by atoms with Crippen molar-refractivity contribution in [2.75, 3.05) is 12.4 Å². The largest absolute Gasteiger partial charge is 0.506 e. The number of nitrogens with one attached hydrogen (secondary N) is 1. The Morgan fingerprint density at radius 2 is 1.76 bits per heavy atom. The van der Waals surface area contributed by atoms with E-state index in [1.54, 1.807) is 36.4 Å². The van der Waals surface area contributed by atoms with Gasteiger partial charge in [0, 0.05) is 18.2 Å². The van der Waals surface area contributed by atoms with Gasteiger partial charge in [0.15, 0.2) is 0 Å². The standard InChI is InChI=1S/C16H15NO4/c1-10(18)17-12-8-6-11(7-9-12)13-4-3-5-14(15(13)19)16(20)21-2/h3-9,19H,1-2H3,(H,17,18). The molecule has 2 aromatic carbocycles. The predicted molar refractivity (Wildman–Crippen MR) is 79.2 cm³/mol. The molecule has 2 aromatic rings. The van der Waals surface area contributed by atoms with Crippen LogP contribution in [0, 0.1) is 0 Å². The Bertz CT molecular complexity index is 677. The van der Waals surface area contributed by atoms with Crippen LogP contribution in [0.15, 0.2) is 42.5 Å². The monoisotopic (exact) mass is 285 g/mol. The fourth-order valence-corrected chi connectivity index (χ4v) is 1.99. The summed E-state index contributed by atoms with van der Waals surface area (Å²) >= 11 is 0. The number of esters is 1. The van der Waals surface area contributed by atoms with E-state index in [0.29, 0.717) is 11.3 Å². The third kappa shape index (κ3) is 3.20. The highest BCUT2D eigenvalue weighted by Gasteiger charge is 2.15. The lowest BCUT2D eigenvalue weighted by atomic mass is 10.0. The summed E-state index contributed by atoms with van der Waals surface area (Å²) in [5.41, 5.74) is 2.02. The number of amides is 1. The van der Waals surface area contributed by atoms with Crippen LogP contribution in [-0.2, 0) is 9.53 Å². The van der Waals surface area contributed by atoms with Gasteiger partial charge in [-0.3, -0.25) is 4.79 Å². The summed E-state index contributed by atoms with van der Waals surface area (Å²) in [7, 11) is 1.26. The van der Waals surface area contributed by atoms with Crippen molar-refractivity contribution in [3.05, 3.63) is 48.0 Å². The van der Waals surface area contributed by atoms with Crippen molar-refractivity contribution >= 4 is 17.6 Å². The maximum Gasteiger partial charge on any atom is 0.341 e. The number of phenolic OH excluding ortho intramolecular Hbond substituents is 1. The average Bonchev–Trinajstić information content (AvgIpc) is 2.47. The van der Waals surface area contributed by atoms with Gasteiger partial charge in [0.1, 0.15) is 11.3 Å². The van der Waals surface area contributed by atoms with E-state index in [9.17, 15) is 14.7 Å². The van der Waals surface area contributed by atoms with Gasteiger partial charge in [-0.05, 0) is 23.8 Å². The SMILES string of the molecule is COC(=O)c1cccc(-c2ccc(NC(C)=O)cc2)c1O. The van der Waals surface area contributed by atoms with Crippen molar-refractivity contribution in [1.29, 1.82) is 0 Å². The molecule has 0 aliphatic heterocycles. The van der Waals surface area contributed by atoms with Crippen LogP contribution in [-0.4, -0.2) is 24.1 Å². The van der Waals surface area contributed by atoms with Gasteiger partial charge in [0.05, 0.1) is 7.11 Å². The Morgan fingerprint density at radius 1 is 1.10 bits per heavy atom. The Hall–Kier alpha value is -2.82. The number of hydrogen-bond donors (Lipinski definition) is 2. The summed E-state index contributed by atoms with van der Waals surface area (Å²) in [4.78, 5) is 22.5. The fourth-order valence-electron chi connectivity index (χ4n) is 1.99. The molecule has 0 aliphatic rings. The van der Waals surface area contributed by atoms with Crippen molar-refractivity contribution in [1.82, 2.24) is 0 Å². The van der Waals surface area contributed by atoms with Gasteiger partial charge in [0.25, 0.3) is 0 Å². The number of phenols is 1. The van der Waals surface area contributed by atoms with Crippen molar-refractivity contribution in [2.45, 2.75) is 6.92 Å². The number of carbonyl (C=O) groups is 2. The van der Waals surface area contributed by atoms with Crippen LogP contribution in [0.25, 0.3) is 11.1 Å². The van der Waals surface area contributed by atoms with E-state index >= 15 is 0 Å². The van der Waals surface area contributed by atoms with Gasteiger partial charge in [0.2, 0.25) is 5.91 Å². The number of para-hydroxylation sites is 1. The first-order valence-electron chi connectivity index (χ1n) is 6.31. The number of rotatable bonds is 3. The first kappa shape index (κ1) is 14.6. The number of hydrogen-bond acceptors (Lipinski definition) is 4. The number of benzene rings is 2. The first-order valence-corrected chi connectivity index (χ1v) is 6.31. The quantitative estimate of drug-likeness (QED) is 0.850. The molecule has 5 nitrogen and oxygen atoms in total. The smallest absolute Gasteiger partial charge is 0.341 e. The predicted octanol–water partition coefficient (Wildman–Crippen LogP) is 2.80. The van der Waals surface area contributed by atoms with Crippen molar-refractivity contribution < 1.29 is 19.4 Å². The molecule has 0 spiro atoms. The Labute approximate surface area is 122 Å². The second-order valence-corrected chi connectivity index (χ2v) is 4.45. The lowest BCUT2D eigenvalue weighted by molar-refractivity contribution is -0.114. The third-order valence-corrected chi connectivity index (χ3v) is 2.96. The second-order valence-electron chi connectivity index (χ2n) is 4.45. The van der Waals surface area contributed by atoms with Crippen LogP contribution in [0.4, 0.5) is 5.69 Å². The minimum atomic E-state index is -0.593. The molecule has 5 heteroatoms. The Morgan fingerprint density at radius 3 is 2.33 bits per heavy atom. The normalized spacial score (nSPS) is 10.0. The van der Waals surface area contributed by atoms with E-state index in [-0.39, 0.29) is 17.2 Å². The molecule has 108 valence electrons. The zero-order valence-electron chi connectivity index (χ0n) is 11.7. The first-order chi connectivity index (χ1) is 10.0. The van der Waals surface area contributed by atoms with Gasteiger partial charge < -0.3 is 15.2 Å². The van der Waals surface area contributed by atoms with Crippen LogP contribution < -0.4 is 5.32 Å². The number of methoxy groups -OCH3 is 1. The molecule has 0 bridgehead atoms. The summed E-state index contributed by atoms with van der Waals surface area (Å²) in [5, 5.41) is 12.8. The summed E-state index contributed by atoms with van der Waals surface area (Å²) in [5.74, 6) is -0.876. The topological polar surface area (TPSA) is 75.6 Å².